The maximum absolute atomic E-state index is 6.70. The summed E-state index contributed by atoms with van der Waals surface area (Å²) in [5, 5.41) is 2.52. The van der Waals surface area contributed by atoms with Crippen molar-refractivity contribution in [1.29, 1.82) is 0 Å². The SMILES string of the molecule is CC(C)(C)c1cc(C(C)(C)C)c2oc3c(C(C)(C)C)cc(C(C)(C)C)cc3c2c1. The lowest BCUT2D eigenvalue weighted by molar-refractivity contribution is 0.547. The third-order valence-corrected chi connectivity index (χ3v) is 6.02. The number of furan rings is 1. The molecule has 0 saturated carbocycles. The van der Waals surface area contributed by atoms with E-state index in [0.29, 0.717) is 0 Å². The van der Waals surface area contributed by atoms with Gasteiger partial charge in [-0.15, -0.1) is 0 Å². The fraction of sp³-hybridized carbons (Fsp3) is 0.571. The number of rotatable bonds is 0. The first-order chi connectivity index (χ1) is 12.9. The largest absolute Gasteiger partial charge is 0.455 e. The Bertz CT molecular complexity index is 978. The van der Waals surface area contributed by atoms with Crippen molar-refractivity contribution in [2.75, 3.05) is 0 Å². The Morgan fingerprint density at radius 2 is 0.759 bits per heavy atom. The Labute approximate surface area is 177 Å². The first-order valence-corrected chi connectivity index (χ1v) is 11.0. The zero-order chi connectivity index (χ0) is 22.2. The minimum Gasteiger partial charge on any atom is -0.455 e. The van der Waals surface area contributed by atoms with Crippen LogP contribution in [0.5, 0.6) is 0 Å². The minimum atomic E-state index is 0.0160. The number of fused-ring (bicyclic) bond motifs is 3. The molecule has 0 fully saturated rings. The van der Waals surface area contributed by atoms with E-state index in [0.717, 1.165) is 11.2 Å². The van der Waals surface area contributed by atoms with Gasteiger partial charge in [0, 0.05) is 21.9 Å². The van der Waals surface area contributed by atoms with Crippen LogP contribution >= 0.6 is 0 Å². The number of hydrogen-bond acceptors (Lipinski definition) is 1. The molecule has 0 spiro atoms. The summed E-state index contributed by atoms with van der Waals surface area (Å²) in [6.45, 7) is 27.5. The standard InChI is InChI=1S/C28H40O/c1-25(2,3)17-13-19-20-14-18(26(4,5)6)16-22(28(10,11)12)24(20)29-23(19)21(15-17)27(7,8)9/h13-16H,1-12H3. The van der Waals surface area contributed by atoms with E-state index in [4.69, 9.17) is 4.42 Å². The van der Waals surface area contributed by atoms with E-state index in [1.165, 1.54) is 33.0 Å². The molecule has 1 aromatic heterocycles. The van der Waals surface area contributed by atoms with Crippen LogP contribution in [0.2, 0.25) is 0 Å². The van der Waals surface area contributed by atoms with Gasteiger partial charge in [-0.25, -0.2) is 0 Å². The highest BCUT2D eigenvalue weighted by Gasteiger charge is 2.29. The van der Waals surface area contributed by atoms with Gasteiger partial charge in [-0.2, -0.15) is 0 Å². The van der Waals surface area contributed by atoms with E-state index in [1.807, 2.05) is 0 Å². The Balaban J connectivity index is 2.58. The number of benzene rings is 2. The van der Waals surface area contributed by atoms with Gasteiger partial charge in [0.15, 0.2) is 0 Å². The van der Waals surface area contributed by atoms with E-state index in [1.54, 1.807) is 0 Å². The van der Waals surface area contributed by atoms with E-state index >= 15 is 0 Å². The molecule has 1 nitrogen and oxygen atoms in total. The van der Waals surface area contributed by atoms with Crippen molar-refractivity contribution in [2.45, 2.75) is 105 Å². The first kappa shape index (κ1) is 21.9. The summed E-state index contributed by atoms with van der Waals surface area (Å²) in [5.41, 5.74) is 7.66. The molecule has 3 rings (SSSR count). The van der Waals surface area contributed by atoms with Crippen molar-refractivity contribution < 1.29 is 4.42 Å². The molecule has 0 amide bonds. The maximum atomic E-state index is 6.70. The molecule has 0 aliphatic rings. The normalized spacial score (nSPS) is 14.2. The second-order valence-electron chi connectivity index (χ2n) is 12.9. The van der Waals surface area contributed by atoms with Gasteiger partial charge >= 0.3 is 0 Å². The molecular weight excluding hydrogens is 352 g/mol. The fourth-order valence-electron chi connectivity index (χ4n) is 3.96. The van der Waals surface area contributed by atoms with Gasteiger partial charge in [0.05, 0.1) is 0 Å². The summed E-state index contributed by atoms with van der Waals surface area (Å²) in [7, 11) is 0. The second kappa shape index (κ2) is 6.37. The molecule has 1 heterocycles. The molecule has 3 aromatic rings. The van der Waals surface area contributed by atoms with Crippen LogP contribution in [0.25, 0.3) is 21.9 Å². The molecule has 2 aromatic carbocycles. The lowest BCUT2D eigenvalue weighted by atomic mass is 9.78. The van der Waals surface area contributed by atoms with Crippen LogP contribution in [-0.4, -0.2) is 0 Å². The molecule has 0 N–H and O–H groups in total. The Kier molecular flexibility index (Phi) is 4.82. The molecule has 0 unspecified atom stereocenters. The Morgan fingerprint density at radius 3 is 1.00 bits per heavy atom. The Morgan fingerprint density at radius 1 is 0.448 bits per heavy atom. The van der Waals surface area contributed by atoms with Crippen LogP contribution < -0.4 is 0 Å². The van der Waals surface area contributed by atoms with Gasteiger partial charge < -0.3 is 4.42 Å². The van der Waals surface area contributed by atoms with Crippen molar-refractivity contribution in [3.05, 3.63) is 46.5 Å². The highest BCUT2D eigenvalue weighted by Crippen LogP contribution is 2.44. The van der Waals surface area contributed by atoms with E-state index in [-0.39, 0.29) is 21.7 Å². The lowest BCUT2D eigenvalue weighted by Crippen LogP contribution is -2.16. The molecule has 0 radical (unpaired) electrons. The predicted octanol–water partition coefficient (Wildman–Crippen LogP) is 8.78. The molecule has 0 saturated heterocycles. The van der Waals surface area contributed by atoms with Crippen LogP contribution in [0.15, 0.2) is 28.7 Å². The predicted molar refractivity (Wildman–Crippen MR) is 129 cm³/mol. The van der Waals surface area contributed by atoms with E-state index in [9.17, 15) is 0 Å². The summed E-state index contributed by atoms with van der Waals surface area (Å²) in [6.07, 6.45) is 0. The summed E-state index contributed by atoms with van der Waals surface area (Å²) in [5.74, 6) is 0. The molecule has 0 atom stereocenters. The molecule has 0 bridgehead atoms. The third-order valence-electron chi connectivity index (χ3n) is 6.02. The van der Waals surface area contributed by atoms with Gasteiger partial charge in [0.2, 0.25) is 0 Å². The fourth-order valence-corrected chi connectivity index (χ4v) is 3.96. The zero-order valence-electron chi connectivity index (χ0n) is 20.7. The second-order valence-corrected chi connectivity index (χ2v) is 12.9. The molecule has 29 heavy (non-hydrogen) atoms. The molecular formula is C28H40O. The summed E-state index contributed by atoms with van der Waals surface area (Å²) in [4.78, 5) is 0. The molecule has 1 heteroatoms. The average Bonchev–Trinajstić information content (AvgIpc) is 2.87. The zero-order valence-corrected chi connectivity index (χ0v) is 20.7. The molecule has 158 valence electrons. The van der Waals surface area contributed by atoms with Crippen LogP contribution in [0.3, 0.4) is 0 Å². The number of hydrogen-bond donors (Lipinski definition) is 0. The topological polar surface area (TPSA) is 13.1 Å². The summed E-state index contributed by atoms with van der Waals surface area (Å²) >= 11 is 0. The van der Waals surface area contributed by atoms with Crippen LogP contribution in [-0.2, 0) is 21.7 Å². The minimum absolute atomic E-state index is 0.0160. The van der Waals surface area contributed by atoms with Crippen molar-refractivity contribution >= 4 is 21.9 Å². The third kappa shape index (κ3) is 3.98. The van der Waals surface area contributed by atoms with E-state index < -0.39 is 0 Å². The van der Waals surface area contributed by atoms with Crippen LogP contribution in [0.1, 0.15) is 105 Å². The van der Waals surface area contributed by atoms with Gasteiger partial charge in [-0.3, -0.25) is 0 Å². The Hall–Kier alpha value is -1.76. The van der Waals surface area contributed by atoms with Gasteiger partial charge in [-0.05, 0) is 44.9 Å². The van der Waals surface area contributed by atoms with Gasteiger partial charge in [-0.1, -0.05) is 95.2 Å². The average molecular weight is 393 g/mol. The maximum Gasteiger partial charge on any atom is 0.139 e. The summed E-state index contributed by atoms with van der Waals surface area (Å²) in [6, 6.07) is 9.48. The van der Waals surface area contributed by atoms with Gasteiger partial charge in [0.25, 0.3) is 0 Å². The van der Waals surface area contributed by atoms with Crippen molar-refractivity contribution in [2.24, 2.45) is 0 Å². The van der Waals surface area contributed by atoms with Crippen molar-refractivity contribution in [3.63, 3.8) is 0 Å². The van der Waals surface area contributed by atoms with Crippen LogP contribution in [0.4, 0.5) is 0 Å². The lowest BCUT2D eigenvalue weighted by Gasteiger charge is -2.25. The summed E-state index contributed by atoms with van der Waals surface area (Å²) < 4.78 is 6.70. The van der Waals surface area contributed by atoms with Crippen LogP contribution in [0, 0.1) is 0 Å². The molecule has 0 aliphatic carbocycles. The quantitative estimate of drug-likeness (QED) is 0.372. The highest BCUT2D eigenvalue weighted by atomic mass is 16.3. The van der Waals surface area contributed by atoms with Crippen molar-refractivity contribution in [1.82, 2.24) is 0 Å². The highest BCUT2D eigenvalue weighted by molar-refractivity contribution is 6.08. The monoisotopic (exact) mass is 392 g/mol. The van der Waals surface area contributed by atoms with E-state index in [2.05, 4.69) is 107 Å². The smallest absolute Gasteiger partial charge is 0.139 e. The van der Waals surface area contributed by atoms with Gasteiger partial charge in [0.1, 0.15) is 11.2 Å². The first-order valence-electron chi connectivity index (χ1n) is 11.0. The van der Waals surface area contributed by atoms with Crippen molar-refractivity contribution in [3.8, 4) is 0 Å². The molecule has 0 aliphatic heterocycles.